The molecule has 0 amide bonds. The highest BCUT2D eigenvalue weighted by molar-refractivity contribution is 5.83. The molecular weight excluding hydrogens is 400 g/mol. The van der Waals surface area contributed by atoms with Crippen molar-refractivity contribution in [3.05, 3.63) is 77.7 Å². The summed E-state index contributed by atoms with van der Waals surface area (Å²) in [7, 11) is 0. The highest BCUT2D eigenvalue weighted by Crippen LogP contribution is 2.25. The molecule has 3 heterocycles. The van der Waals surface area contributed by atoms with E-state index in [-0.39, 0.29) is 11.6 Å². The molecule has 0 unspecified atom stereocenters. The second-order valence-electron chi connectivity index (χ2n) is 8.22. The Kier molecular flexibility index (Phi) is 5.53. The van der Waals surface area contributed by atoms with E-state index in [2.05, 4.69) is 43.7 Å². The molecule has 0 aliphatic carbocycles. The number of benzene rings is 2. The summed E-state index contributed by atoms with van der Waals surface area (Å²) in [5.74, 6) is 0.166. The van der Waals surface area contributed by atoms with Gasteiger partial charge in [0.1, 0.15) is 6.33 Å². The maximum Gasteiger partial charge on any atom is 0.347 e. The Bertz CT molecular complexity index is 1330. The predicted molar refractivity (Wildman–Crippen MR) is 123 cm³/mol. The lowest BCUT2D eigenvalue weighted by Crippen LogP contribution is -2.37. The van der Waals surface area contributed by atoms with Gasteiger partial charge in [-0.1, -0.05) is 24.3 Å². The average molecular weight is 425 g/mol. The molecule has 0 spiro atoms. The van der Waals surface area contributed by atoms with Gasteiger partial charge in [0.2, 0.25) is 0 Å². The summed E-state index contributed by atoms with van der Waals surface area (Å²) in [6.45, 7) is 3.17. The van der Waals surface area contributed by atoms with E-state index >= 15 is 0 Å². The summed E-state index contributed by atoms with van der Waals surface area (Å²) in [4.78, 5) is 23.3. The van der Waals surface area contributed by atoms with E-state index in [0.29, 0.717) is 6.54 Å². The third-order valence-electron chi connectivity index (χ3n) is 6.20. The van der Waals surface area contributed by atoms with Gasteiger partial charge in [-0.3, -0.25) is 9.13 Å². The molecule has 5 rings (SSSR count). The molecule has 160 valence electrons. The molecule has 4 aromatic rings. The summed E-state index contributed by atoms with van der Waals surface area (Å²) in [5, 5.41) is 9.06. The second kappa shape index (κ2) is 8.77. The number of hydrogen-bond donors (Lipinski definition) is 0. The van der Waals surface area contributed by atoms with Gasteiger partial charge in [0, 0.05) is 42.7 Å². The lowest BCUT2D eigenvalue weighted by Gasteiger charge is -2.29. The van der Waals surface area contributed by atoms with Crippen LogP contribution in [0.3, 0.4) is 0 Å². The Morgan fingerprint density at radius 2 is 1.81 bits per heavy atom. The van der Waals surface area contributed by atoms with Crippen molar-refractivity contribution >= 4 is 11.0 Å². The van der Waals surface area contributed by atoms with Crippen molar-refractivity contribution < 1.29 is 0 Å². The normalized spacial score (nSPS) is 15.1. The number of rotatable bonds is 5. The highest BCUT2D eigenvalue weighted by Gasteiger charge is 2.18. The second-order valence-corrected chi connectivity index (χ2v) is 8.22. The molecule has 0 saturated carbocycles. The first-order valence-electron chi connectivity index (χ1n) is 10.9. The molecule has 7 heteroatoms. The van der Waals surface area contributed by atoms with Gasteiger partial charge in [0.15, 0.2) is 0 Å². The van der Waals surface area contributed by atoms with Crippen molar-refractivity contribution in [1.29, 1.82) is 5.26 Å². The van der Waals surface area contributed by atoms with Crippen molar-refractivity contribution in [3.8, 4) is 22.9 Å². The molecule has 0 bridgehead atoms. The summed E-state index contributed by atoms with van der Waals surface area (Å²) in [6, 6.07) is 18.6. The Morgan fingerprint density at radius 3 is 2.59 bits per heavy atom. The quantitative estimate of drug-likeness (QED) is 0.490. The Hall–Kier alpha value is -3.76. The molecule has 1 saturated heterocycles. The monoisotopic (exact) mass is 424 g/mol. The van der Waals surface area contributed by atoms with Crippen LogP contribution in [0.2, 0.25) is 0 Å². The van der Waals surface area contributed by atoms with Gasteiger partial charge in [0.25, 0.3) is 0 Å². The Labute approximate surface area is 186 Å². The molecule has 1 fully saturated rings. The maximum absolute atomic E-state index is 12.3. The zero-order valence-corrected chi connectivity index (χ0v) is 17.8. The Balaban J connectivity index is 1.36. The smallest absolute Gasteiger partial charge is 0.301 e. The van der Waals surface area contributed by atoms with Crippen molar-refractivity contribution in [2.75, 3.05) is 19.6 Å². The first-order chi connectivity index (χ1) is 15.7. The SMILES string of the molecule is N#CC1CCN(CCn2cc(-c3ccc4c(c3)ncn4-c3ccccc3)cnc2=O)CC1. The highest BCUT2D eigenvalue weighted by atomic mass is 16.1. The summed E-state index contributed by atoms with van der Waals surface area (Å²) < 4.78 is 3.74. The van der Waals surface area contributed by atoms with E-state index in [9.17, 15) is 4.79 Å². The summed E-state index contributed by atoms with van der Waals surface area (Å²) in [5.41, 5.74) is 4.62. The van der Waals surface area contributed by atoms with Gasteiger partial charge < -0.3 is 4.90 Å². The van der Waals surface area contributed by atoms with Crippen LogP contribution in [0, 0.1) is 17.2 Å². The first-order valence-corrected chi connectivity index (χ1v) is 10.9. The largest absolute Gasteiger partial charge is 0.347 e. The number of para-hydroxylation sites is 1. The Morgan fingerprint density at radius 1 is 1.00 bits per heavy atom. The molecular formula is C25H24N6O. The van der Waals surface area contributed by atoms with Crippen LogP contribution in [0.4, 0.5) is 0 Å². The third-order valence-corrected chi connectivity index (χ3v) is 6.20. The fraction of sp³-hybridized carbons (Fsp3) is 0.280. The van der Waals surface area contributed by atoms with Crippen LogP contribution in [-0.4, -0.2) is 43.6 Å². The standard InChI is InChI=1S/C25H24N6O/c26-15-19-8-10-29(11-9-19)12-13-30-17-21(16-27-25(30)32)20-6-7-24-23(14-20)28-18-31(24)22-4-2-1-3-5-22/h1-7,14,16-19H,8-13H2. The van der Waals surface area contributed by atoms with E-state index in [1.165, 1.54) is 0 Å². The fourth-order valence-corrected chi connectivity index (χ4v) is 4.29. The van der Waals surface area contributed by atoms with Crippen molar-refractivity contribution in [3.63, 3.8) is 0 Å². The predicted octanol–water partition coefficient (Wildman–Crippen LogP) is 3.48. The minimum atomic E-state index is -0.241. The molecule has 2 aromatic heterocycles. The van der Waals surface area contributed by atoms with E-state index in [1.54, 1.807) is 10.8 Å². The van der Waals surface area contributed by atoms with Crippen molar-refractivity contribution in [2.45, 2.75) is 19.4 Å². The lowest BCUT2D eigenvalue weighted by atomic mass is 9.99. The van der Waals surface area contributed by atoms with Crippen LogP contribution < -0.4 is 5.69 Å². The molecule has 1 aliphatic heterocycles. The topological polar surface area (TPSA) is 79.7 Å². The molecule has 2 aromatic carbocycles. The third kappa shape index (κ3) is 4.05. The van der Waals surface area contributed by atoms with Crippen molar-refractivity contribution in [1.82, 2.24) is 24.0 Å². The number of nitrogens with zero attached hydrogens (tertiary/aromatic N) is 6. The van der Waals surface area contributed by atoms with Crippen LogP contribution in [0.15, 0.2) is 72.0 Å². The van der Waals surface area contributed by atoms with E-state index in [0.717, 1.165) is 60.3 Å². The first kappa shape index (κ1) is 20.2. The number of aromatic nitrogens is 4. The number of nitriles is 1. The van der Waals surface area contributed by atoms with Gasteiger partial charge >= 0.3 is 5.69 Å². The van der Waals surface area contributed by atoms with Crippen LogP contribution in [0.1, 0.15) is 12.8 Å². The zero-order valence-electron chi connectivity index (χ0n) is 17.8. The van der Waals surface area contributed by atoms with Gasteiger partial charge in [-0.2, -0.15) is 5.26 Å². The fourth-order valence-electron chi connectivity index (χ4n) is 4.29. The number of fused-ring (bicyclic) bond motifs is 1. The van der Waals surface area contributed by atoms with Crippen LogP contribution in [0.25, 0.3) is 27.8 Å². The van der Waals surface area contributed by atoms with Crippen molar-refractivity contribution in [2.24, 2.45) is 5.92 Å². The van der Waals surface area contributed by atoms with E-state index < -0.39 is 0 Å². The van der Waals surface area contributed by atoms with Gasteiger partial charge in [-0.25, -0.2) is 14.8 Å². The average Bonchev–Trinajstić information content (AvgIpc) is 3.28. The van der Waals surface area contributed by atoms with E-state index in [4.69, 9.17) is 5.26 Å². The van der Waals surface area contributed by atoms with Gasteiger partial charge in [0.05, 0.1) is 17.1 Å². The molecule has 32 heavy (non-hydrogen) atoms. The van der Waals surface area contributed by atoms with E-state index in [1.807, 2.05) is 42.9 Å². The van der Waals surface area contributed by atoms with Crippen LogP contribution in [-0.2, 0) is 6.54 Å². The molecule has 1 aliphatic rings. The summed E-state index contributed by atoms with van der Waals surface area (Å²) in [6.07, 6.45) is 7.15. The minimum absolute atomic E-state index is 0.166. The van der Waals surface area contributed by atoms with Gasteiger partial charge in [-0.15, -0.1) is 0 Å². The zero-order chi connectivity index (χ0) is 21.9. The van der Waals surface area contributed by atoms with Crippen LogP contribution in [0.5, 0.6) is 0 Å². The minimum Gasteiger partial charge on any atom is -0.301 e. The number of likely N-dealkylation sites (tertiary alicyclic amines) is 1. The number of piperidine rings is 1. The maximum atomic E-state index is 12.3. The van der Waals surface area contributed by atoms with Crippen LogP contribution >= 0.6 is 0 Å². The molecule has 0 atom stereocenters. The molecule has 0 N–H and O–H groups in total. The molecule has 7 nitrogen and oxygen atoms in total. The lowest BCUT2D eigenvalue weighted by molar-refractivity contribution is 0.198. The van der Waals surface area contributed by atoms with Gasteiger partial charge in [-0.05, 0) is 55.8 Å². The molecule has 0 radical (unpaired) electrons. The summed E-state index contributed by atoms with van der Waals surface area (Å²) >= 11 is 0. The number of hydrogen-bond acceptors (Lipinski definition) is 5. The number of imidazole rings is 1.